The number of cyclic esters (lactones) is 1. The highest BCUT2D eigenvalue weighted by molar-refractivity contribution is 5.96. The van der Waals surface area contributed by atoms with Crippen LogP contribution in [0.4, 0.5) is 4.79 Å². The molecule has 1 aromatic carbocycles. The number of aliphatic hydroxyl groups excluding tert-OH is 1. The average molecular weight is 418 g/mol. The predicted octanol–water partition coefficient (Wildman–Crippen LogP) is 4.79. The van der Waals surface area contributed by atoms with Crippen molar-refractivity contribution in [2.45, 2.75) is 89.8 Å². The minimum Gasteiger partial charge on any atom is -0.435 e. The van der Waals surface area contributed by atoms with Crippen molar-refractivity contribution in [1.82, 2.24) is 0 Å². The second kappa shape index (κ2) is 13.1. The van der Waals surface area contributed by atoms with Gasteiger partial charge in [0.25, 0.3) is 0 Å². The van der Waals surface area contributed by atoms with Gasteiger partial charge in [-0.05, 0) is 12.0 Å². The Morgan fingerprint density at radius 3 is 2.20 bits per heavy atom. The Hall–Kier alpha value is -2.34. The zero-order valence-electron chi connectivity index (χ0n) is 18.0. The van der Waals surface area contributed by atoms with Crippen LogP contribution in [0.25, 0.3) is 0 Å². The van der Waals surface area contributed by atoms with Crippen molar-refractivity contribution < 1.29 is 24.2 Å². The van der Waals surface area contributed by atoms with Gasteiger partial charge in [-0.15, -0.1) is 0 Å². The molecule has 0 radical (unpaired) electrons. The smallest absolute Gasteiger partial charge is 0.405 e. The van der Waals surface area contributed by atoms with Gasteiger partial charge in [0.1, 0.15) is 0 Å². The van der Waals surface area contributed by atoms with E-state index in [1.54, 1.807) is 0 Å². The van der Waals surface area contributed by atoms with E-state index < -0.39 is 24.3 Å². The molecule has 0 aliphatic carbocycles. The van der Waals surface area contributed by atoms with Crippen LogP contribution in [0.3, 0.4) is 0 Å². The van der Waals surface area contributed by atoms with Crippen molar-refractivity contribution in [3.8, 4) is 0 Å². The zero-order valence-corrected chi connectivity index (χ0v) is 18.0. The average Bonchev–Trinajstić information content (AvgIpc) is 2.73. The van der Waals surface area contributed by atoms with Gasteiger partial charge >= 0.3 is 12.1 Å². The largest absolute Gasteiger partial charge is 0.435 e. The van der Waals surface area contributed by atoms with E-state index in [9.17, 15) is 14.7 Å². The van der Waals surface area contributed by atoms with Gasteiger partial charge in [0.2, 0.25) is 0 Å². The summed E-state index contributed by atoms with van der Waals surface area (Å²) in [6.07, 6.45) is 8.34. The third-order valence-corrected chi connectivity index (χ3v) is 5.42. The number of primary amides is 1. The molecule has 0 spiro atoms. The molecule has 0 saturated heterocycles. The van der Waals surface area contributed by atoms with Crippen LogP contribution in [0, 0.1) is 0 Å². The van der Waals surface area contributed by atoms with E-state index >= 15 is 0 Å². The molecule has 30 heavy (non-hydrogen) atoms. The monoisotopic (exact) mass is 417 g/mol. The van der Waals surface area contributed by atoms with Gasteiger partial charge < -0.3 is 20.3 Å². The van der Waals surface area contributed by atoms with Crippen LogP contribution in [-0.4, -0.2) is 29.4 Å². The molecule has 0 bridgehead atoms. The highest BCUT2D eigenvalue weighted by atomic mass is 16.6. The number of esters is 1. The molecule has 6 nitrogen and oxygen atoms in total. The first-order chi connectivity index (χ1) is 14.5. The lowest BCUT2D eigenvalue weighted by Crippen LogP contribution is -2.41. The van der Waals surface area contributed by atoms with Gasteiger partial charge in [-0.3, -0.25) is 0 Å². The third kappa shape index (κ3) is 7.82. The van der Waals surface area contributed by atoms with Crippen molar-refractivity contribution in [2.75, 3.05) is 0 Å². The van der Waals surface area contributed by atoms with Gasteiger partial charge in [0.15, 0.2) is 11.9 Å². The molecule has 2 atom stereocenters. The van der Waals surface area contributed by atoms with E-state index in [-0.39, 0.29) is 5.76 Å². The quantitative estimate of drug-likeness (QED) is 0.316. The topological polar surface area (TPSA) is 98.9 Å². The van der Waals surface area contributed by atoms with Crippen LogP contribution < -0.4 is 5.73 Å². The normalized spacial score (nSPS) is 15.3. The minimum atomic E-state index is -1.05. The van der Waals surface area contributed by atoms with Gasteiger partial charge in [-0.2, -0.15) is 0 Å². The van der Waals surface area contributed by atoms with E-state index in [2.05, 4.69) is 6.92 Å². The van der Waals surface area contributed by atoms with Crippen LogP contribution in [-0.2, 0) is 20.7 Å². The van der Waals surface area contributed by atoms with Crippen molar-refractivity contribution in [3.05, 3.63) is 47.2 Å². The van der Waals surface area contributed by atoms with E-state index in [0.717, 1.165) is 24.8 Å². The Morgan fingerprint density at radius 2 is 1.63 bits per heavy atom. The Morgan fingerprint density at radius 1 is 1.03 bits per heavy atom. The fourth-order valence-electron chi connectivity index (χ4n) is 3.71. The molecule has 1 aliphatic heterocycles. The van der Waals surface area contributed by atoms with Gasteiger partial charge in [0, 0.05) is 6.42 Å². The first kappa shape index (κ1) is 23.9. The van der Waals surface area contributed by atoms with E-state index in [0.29, 0.717) is 18.4 Å². The summed E-state index contributed by atoms with van der Waals surface area (Å²) in [5.74, 6) is -0.242. The number of hydrogen-bond acceptors (Lipinski definition) is 5. The lowest BCUT2D eigenvalue weighted by molar-refractivity contribution is -0.145. The number of benzene rings is 1. The Bertz CT molecular complexity index is 701. The highest BCUT2D eigenvalue weighted by Gasteiger charge is 2.40. The van der Waals surface area contributed by atoms with Crippen molar-refractivity contribution in [2.24, 2.45) is 5.73 Å². The summed E-state index contributed by atoms with van der Waals surface area (Å²) in [4.78, 5) is 23.3. The van der Waals surface area contributed by atoms with Gasteiger partial charge in [-0.1, -0.05) is 95.0 Å². The van der Waals surface area contributed by atoms with Crippen LogP contribution in [0.2, 0.25) is 0 Å². The summed E-state index contributed by atoms with van der Waals surface area (Å²) in [5.41, 5.74) is 6.54. The molecule has 1 aromatic rings. The summed E-state index contributed by atoms with van der Waals surface area (Å²) in [7, 11) is 0. The molecule has 0 fully saturated rings. The molecule has 2 rings (SSSR count). The zero-order chi connectivity index (χ0) is 21.8. The maximum absolute atomic E-state index is 12.0. The second-order valence-electron chi connectivity index (χ2n) is 7.94. The Labute approximate surface area is 179 Å². The van der Waals surface area contributed by atoms with Crippen LogP contribution in [0.15, 0.2) is 41.7 Å². The summed E-state index contributed by atoms with van der Waals surface area (Å²) >= 11 is 0. The fraction of sp³-hybridized carbons (Fsp3) is 0.583. The number of nitrogens with two attached hydrogens (primary N) is 1. The highest BCUT2D eigenvalue weighted by Crippen LogP contribution is 2.31. The fourth-order valence-corrected chi connectivity index (χ4v) is 3.71. The number of hydrogen-bond donors (Lipinski definition) is 2. The second-order valence-corrected chi connectivity index (χ2v) is 7.94. The molecule has 1 heterocycles. The van der Waals surface area contributed by atoms with Crippen LogP contribution >= 0.6 is 0 Å². The predicted molar refractivity (Wildman–Crippen MR) is 116 cm³/mol. The molecule has 0 saturated carbocycles. The molecule has 0 aromatic heterocycles. The Kier molecular flexibility index (Phi) is 10.4. The maximum atomic E-state index is 12.0. The SMILES string of the molecule is CCCCCCCCCCC[C@@H](O)C(OC(N)=O)C1=C(Cc2ccccc2)C(=O)O1. The number of rotatable bonds is 15. The number of amides is 1. The lowest BCUT2D eigenvalue weighted by Gasteiger charge is -2.31. The number of unbranched alkanes of at least 4 members (excludes halogenated alkanes) is 8. The van der Waals surface area contributed by atoms with Gasteiger partial charge in [0.05, 0.1) is 11.7 Å². The maximum Gasteiger partial charge on any atom is 0.405 e. The summed E-state index contributed by atoms with van der Waals surface area (Å²) in [6.45, 7) is 2.21. The first-order valence-electron chi connectivity index (χ1n) is 11.2. The van der Waals surface area contributed by atoms with E-state index in [1.807, 2.05) is 30.3 Å². The lowest BCUT2D eigenvalue weighted by atomic mass is 9.95. The van der Waals surface area contributed by atoms with E-state index in [4.69, 9.17) is 15.2 Å². The Balaban J connectivity index is 1.85. The molecular weight excluding hydrogens is 382 g/mol. The summed E-state index contributed by atoms with van der Waals surface area (Å²) in [6, 6.07) is 9.47. The van der Waals surface area contributed by atoms with Crippen molar-refractivity contribution in [1.29, 1.82) is 0 Å². The van der Waals surface area contributed by atoms with Crippen molar-refractivity contribution >= 4 is 12.1 Å². The minimum absolute atomic E-state index is 0.214. The number of aliphatic hydroxyl groups is 1. The summed E-state index contributed by atoms with van der Waals surface area (Å²) in [5, 5.41) is 10.6. The van der Waals surface area contributed by atoms with Crippen LogP contribution in [0.5, 0.6) is 0 Å². The molecule has 3 N–H and O–H groups in total. The number of carbonyl (C=O) groups excluding carboxylic acids is 2. The summed E-state index contributed by atoms with van der Waals surface area (Å²) < 4.78 is 10.3. The molecule has 6 heteroatoms. The number of carbonyl (C=O) groups is 2. The standard InChI is InChI=1S/C24H35NO5/c1-2-3-4-5-6-7-8-9-13-16-20(26)22(30-24(25)28)21-19(23(27)29-21)17-18-14-11-10-12-15-18/h10-12,14-15,20,22,26H,2-9,13,16-17H2,1H3,(H2,25,28)/t20-,22?/m1/s1. The molecule has 1 aliphatic rings. The van der Waals surface area contributed by atoms with Crippen molar-refractivity contribution in [3.63, 3.8) is 0 Å². The molecule has 166 valence electrons. The molecule has 1 unspecified atom stereocenters. The molecular formula is C24H35NO5. The van der Waals surface area contributed by atoms with Gasteiger partial charge in [-0.25, -0.2) is 9.59 Å². The third-order valence-electron chi connectivity index (χ3n) is 5.42. The van der Waals surface area contributed by atoms with E-state index in [1.165, 1.54) is 38.5 Å². The first-order valence-corrected chi connectivity index (χ1v) is 11.2. The van der Waals surface area contributed by atoms with Crippen LogP contribution in [0.1, 0.15) is 76.7 Å². The number of ether oxygens (including phenoxy) is 2. The molecule has 1 amide bonds.